The lowest BCUT2D eigenvalue weighted by Gasteiger charge is -2.33. The van der Waals surface area contributed by atoms with Crippen LogP contribution in [-0.2, 0) is 25.5 Å². The Bertz CT molecular complexity index is 1150. The van der Waals surface area contributed by atoms with Crippen LogP contribution in [0.1, 0.15) is 36.7 Å². The minimum atomic E-state index is -0.951. The van der Waals surface area contributed by atoms with Crippen molar-refractivity contribution in [3.8, 4) is 0 Å². The largest absolute Gasteiger partial charge is 0.467 e. The number of ether oxygens (including phenoxy) is 1. The predicted octanol–water partition coefficient (Wildman–Crippen LogP) is 4.15. The van der Waals surface area contributed by atoms with Gasteiger partial charge in [0, 0.05) is 24.8 Å². The molecule has 0 aliphatic carbocycles. The lowest BCUT2D eigenvalue weighted by molar-refractivity contribution is -0.146. The molecule has 2 N–H and O–H groups in total. The van der Waals surface area contributed by atoms with Crippen molar-refractivity contribution in [2.24, 2.45) is 0 Å². The fourth-order valence-electron chi connectivity index (χ4n) is 4.07. The zero-order chi connectivity index (χ0) is 26.6. The van der Waals surface area contributed by atoms with Crippen LogP contribution < -0.4 is 10.6 Å². The Kier molecular flexibility index (Phi) is 8.92. The second-order valence-electron chi connectivity index (χ2n) is 8.70. The van der Waals surface area contributed by atoms with Crippen LogP contribution in [0.4, 0.5) is 5.69 Å². The number of anilines is 1. The highest BCUT2D eigenvalue weighted by Gasteiger charge is 2.45. The van der Waals surface area contributed by atoms with E-state index >= 15 is 0 Å². The van der Waals surface area contributed by atoms with Gasteiger partial charge in [-0.15, -0.1) is 11.8 Å². The third-order valence-corrected chi connectivity index (χ3v) is 7.79. The zero-order valence-electron chi connectivity index (χ0n) is 20.3. The third kappa shape index (κ3) is 6.32. The van der Waals surface area contributed by atoms with Crippen molar-refractivity contribution in [1.82, 2.24) is 10.2 Å². The quantitative estimate of drug-likeness (QED) is 0.501. The molecule has 1 heterocycles. The molecule has 1 fully saturated rings. The molecule has 3 rings (SSSR count). The summed E-state index contributed by atoms with van der Waals surface area (Å²) >= 11 is 13.7. The van der Waals surface area contributed by atoms with Gasteiger partial charge in [-0.25, -0.2) is 4.79 Å². The predicted molar refractivity (Wildman–Crippen MR) is 141 cm³/mol. The molecule has 3 amide bonds. The molecular formula is C25H27Cl2N3O5S. The average molecular weight is 552 g/mol. The van der Waals surface area contributed by atoms with E-state index in [1.54, 1.807) is 42.5 Å². The summed E-state index contributed by atoms with van der Waals surface area (Å²) in [6.07, 6.45) is 0.159. The van der Waals surface area contributed by atoms with Gasteiger partial charge in [0.25, 0.3) is 5.91 Å². The molecule has 0 bridgehead atoms. The molecule has 0 spiro atoms. The van der Waals surface area contributed by atoms with Gasteiger partial charge in [0.2, 0.25) is 11.8 Å². The minimum Gasteiger partial charge on any atom is -0.467 e. The standard InChI is InChI=1S/C25H27Cl2N3O5S/c1-14(31)30-20(13-36-25(30,2)3)22(32)29-19(24(34)35-4)12-15-8-10-16(11-9-15)28-23(33)21-17(26)6-5-7-18(21)27/h5-11,19-20H,12-13H2,1-4H3,(H,28,33)(H,29,32)/t19-,20+/m0/s1. The molecule has 0 aromatic heterocycles. The van der Waals surface area contributed by atoms with Crippen molar-refractivity contribution < 1.29 is 23.9 Å². The molecule has 2 aromatic rings. The molecule has 11 heteroatoms. The number of rotatable bonds is 7. The van der Waals surface area contributed by atoms with Crippen LogP contribution in [0.5, 0.6) is 0 Å². The highest BCUT2D eigenvalue weighted by atomic mass is 35.5. The molecule has 2 atom stereocenters. The molecule has 1 aliphatic rings. The van der Waals surface area contributed by atoms with Gasteiger partial charge in [-0.3, -0.25) is 14.4 Å². The summed E-state index contributed by atoms with van der Waals surface area (Å²) in [5.41, 5.74) is 1.40. The number of carbonyl (C=O) groups excluding carboxylic acids is 4. The van der Waals surface area contributed by atoms with Crippen LogP contribution in [0, 0.1) is 0 Å². The smallest absolute Gasteiger partial charge is 0.328 e. The first-order valence-corrected chi connectivity index (χ1v) is 12.8. The Morgan fingerprint density at radius 3 is 2.28 bits per heavy atom. The summed E-state index contributed by atoms with van der Waals surface area (Å²) in [5, 5.41) is 5.95. The van der Waals surface area contributed by atoms with Crippen molar-refractivity contribution in [2.45, 2.75) is 44.1 Å². The molecular weight excluding hydrogens is 525 g/mol. The summed E-state index contributed by atoms with van der Waals surface area (Å²) in [7, 11) is 1.25. The lowest BCUT2D eigenvalue weighted by Crippen LogP contribution is -2.55. The van der Waals surface area contributed by atoms with E-state index in [4.69, 9.17) is 27.9 Å². The number of nitrogens with zero attached hydrogens (tertiary/aromatic N) is 1. The summed E-state index contributed by atoms with van der Waals surface area (Å²) in [4.78, 5) is 51.3. The molecule has 0 saturated carbocycles. The Morgan fingerprint density at radius 2 is 1.72 bits per heavy atom. The number of benzene rings is 2. The second-order valence-corrected chi connectivity index (χ2v) is 11.1. The lowest BCUT2D eigenvalue weighted by atomic mass is 10.0. The first kappa shape index (κ1) is 27.8. The third-order valence-electron chi connectivity index (χ3n) is 5.77. The van der Waals surface area contributed by atoms with Crippen molar-refractivity contribution in [2.75, 3.05) is 18.2 Å². The van der Waals surface area contributed by atoms with E-state index < -0.39 is 34.7 Å². The summed E-state index contributed by atoms with van der Waals surface area (Å²) in [6.45, 7) is 5.18. The van der Waals surface area contributed by atoms with Crippen LogP contribution in [0.15, 0.2) is 42.5 Å². The number of halogens is 2. The van der Waals surface area contributed by atoms with Gasteiger partial charge in [0.15, 0.2) is 0 Å². The van der Waals surface area contributed by atoms with Gasteiger partial charge in [-0.1, -0.05) is 41.4 Å². The van der Waals surface area contributed by atoms with Gasteiger partial charge in [0.1, 0.15) is 12.1 Å². The van der Waals surface area contributed by atoms with Gasteiger partial charge < -0.3 is 20.3 Å². The summed E-state index contributed by atoms with van der Waals surface area (Å²) in [5.74, 6) is -1.26. The highest BCUT2D eigenvalue weighted by Crippen LogP contribution is 2.39. The normalized spacial score (nSPS) is 17.3. The van der Waals surface area contributed by atoms with Gasteiger partial charge >= 0.3 is 5.97 Å². The zero-order valence-corrected chi connectivity index (χ0v) is 22.6. The molecule has 2 aromatic carbocycles. The number of hydrogen-bond acceptors (Lipinski definition) is 6. The minimum absolute atomic E-state index is 0.159. The monoisotopic (exact) mass is 551 g/mol. The SMILES string of the molecule is COC(=O)[C@H](Cc1ccc(NC(=O)c2c(Cl)cccc2Cl)cc1)NC(=O)[C@H]1CSC(C)(C)N1C(C)=O. The number of thioether (sulfide) groups is 1. The topological polar surface area (TPSA) is 105 Å². The molecule has 0 unspecified atom stereocenters. The number of esters is 1. The molecule has 36 heavy (non-hydrogen) atoms. The van der Waals surface area contributed by atoms with Crippen molar-refractivity contribution >= 4 is 64.3 Å². The number of hydrogen-bond donors (Lipinski definition) is 2. The van der Waals surface area contributed by atoms with Gasteiger partial charge in [-0.2, -0.15) is 0 Å². The van der Waals surface area contributed by atoms with E-state index in [0.717, 1.165) is 5.56 Å². The van der Waals surface area contributed by atoms with E-state index in [-0.39, 0.29) is 27.9 Å². The van der Waals surface area contributed by atoms with Crippen LogP contribution >= 0.6 is 35.0 Å². The van der Waals surface area contributed by atoms with Crippen LogP contribution in [0.3, 0.4) is 0 Å². The molecule has 8 nitrogen and oxygen atoms in total. The number of amides is 3. The fraction of sp³-hybridized carbons (Fsp3) is 0.360. The van der Waals surface area contributed by atoms with Gasteiger partial charge in [-0.05, 0) is 43.7 Å². The number of nitrogens with one attached hydrogen (secondary N) is 2. The molecule has 192 valence electrons. The van der Waals surface area contributed by atoms with Crippen molar-refractivity contribution in [1.29, 1.82) is 0 Å². The van der Waals surface area contributed by atoms with E-state index in [9.17, 15) is 19.2 Å². The fourth-order valence-corrected chi connectivity index (χ4v) is 5.90. The first-order valence-electron chi connectivity index (χ1n) is 11.1. The van der Waals surface area contributed by atoms with Gasteiger partial charge in [0.05, 0.1) is 27.6 Å². The first-order chi connectivity index (χ1) is 16.9. The Hall–Kier alpha value is -2.75. The Morgan fingerprint density at radius 1 is 1.11 bits per heavy atom. The summed E-state index contributed by atoms with van der Waals surface area (Å²) in [6, 6.07) is 9.95. The van der Waals surface area contributed by atoms with E-state index in [1.807, 2.05) is 13.8 Å². The van der Waals surface area contributed by atoms with Crippen LogP contribution in [-0.4, -0.2) is 58.4 Å². The van der Waals surface area contributed by atoms with Crippen LogP contribution in [0.2, 0.25) is 10.0 Å². The molecule has 0 radical (unpaired) electrons. The maximum absolute atomic E-state index is 13.0. The maximum atomic E-state index is 13.0. The van der Waals surface area contributed by atoms with E-state index in [1.165, 1.54) is 30.7 Å². The number of methoxy groups -OCH3 is 1. The maximum Gasteiger partial charge on any atom is 0.328 e. The summed E-state index contributed by atoms with van der Waals surface area (Å²) < 4.78 is 4.89. The second kappa shape index (κ2) is 11.5. The van der Waals surface area contributed by atoms with Crippen LogP contribution in [0.25, 0.3) is 0 Å². The molecule has 1 saturated heterocycles. The van der Waals surface area contributed by atoms with Crippen molar-refractivity contribution in [3.63, 3.8) is 0 Å². The Labute approximate surface area is 224 Å². The number of carbonyl (C=O) groups is 4. The highest BCUT2D eigenvalue weighted by molar-refractivity contribution is 8.00. The van der Waals surface area contributed by atoms with E-state index in [2.05, 4.69) is 10.6 Å². The average Bonchev–Trinajstić information content (AvgIpc) is 3.14. The Balaban J connectivity index is 1.70. The van der Waals surface area contributed by atoms with Crippen molar-refractivity contribution in [3.05, 3.63) is 63.6 Å². The van der Waals surface area contributed by atoms with E-state index in [0.29, 0.717) is 11.4 Å². The molecule has 1 aliphatic heterocycles.